The van der Waals surface area contributed by atoms with Gasteiger partial charge in [0.25, 0.3) is 0 Å². The summed E-state index contributed by atoms with van der Waals surface area (Å²) in [6, 6.07) is 28.9. The highest BCUT2D eigenvalue weighted by Gasteiger charge is 2.20. The molecule has 0 saturated carbocycles. The first-order chi connectivity index (χ1) is 12.6. The molecule has 0 unspecified atom stereocenters. The van der Waals surface area contributed by atoms with Crippen molar-refractivity contribution in [2.45, 2.75) is 25.8 Å². The van der Waals surface area contributed by atoms with Gasteiger partial charge in [-0.15, -0.1) is 0 Å². The van der Waals surface area contributed by atoms with E-state index in [1.807, 2.05) is 48.3 Å². The molecule has 132 valence electrons. The number of rotatable bonds is 6. The summed E-state index contributed by atoms with van der Waals surface area (Å²) in [6.07, 6.45) is 0.469. The van der Waals surface area contributed by atoms with Gasteiger partial charge >= 0.3 is 0 Å². The maximum Gasteiger partial charge on any atom is 0.223 e. The summed E-state index contributed by atoms with van der Waals surface area (Å²) >= 11 is 0. The van der Waals surface area contributed by atoms with E-state index in [1.54, 1.807) is 0 Å². The van der Waals surface area contributed by atoms with Crippen molar-refractivity contribution in [3.05, 3.63) is 107 Å². The number of carbonyl (C=O) groups excluding carboxylic acids is 1. The van der Waals surface area contributed by atoms with Crippen molar-refractivity contribution < 1.29 is 4.79 Å². The van der Waals surface area contributed by atoms with E-state index in [2.05, 4.69) is 55.5 Å². The smallest absolute Gasteiger partial charge is 0.223 e. The van der Waals surface area contributed by atoms with E-state index in [0.717, 1.165) is 5.56 Å². The van der Waals surface area contributed by atoms with E-state index in [9.17, 15) is 4.79 Å². The molecule has 1 amide bonds. The summed E-state index contributed by atoms with van der Waals surface area (Å²) in [6.45, 7) is 2.71. The first-order valence-electron chi connectivity index (χ1n) is 9.03. The van der Waals surface area contributed by atoms with E-state index in [4.69, 9.17) is 0 Å². The third kappa shape index (κ3) is 4.60. The Bertz CT molecular complexity index is 786. The molecule has 0 aromatic heterocycles. The molecule has 0 aliphatic carbocycles. The zero-order valence-corrected chi connectivity index (χ0v) is 15.4. The third-order valence-electron chi connectivity index (χ3n) is 4.75. The van der Waals surface area contributed by atoms with E-state index in [1.165, 1.54) is 16.7 Å². The normalized spacial score (nSPS) is 10.7. The molecule has 0 saturated heterocycles. The van der Waals surface area contributed by atoms with Crippen molar-refractivity contribution >= 4 is 5.91 Å². The zero-order valence-electron chi connectivity index (χ0n) is 15.4. The van der Waals surface area contributed by atoms with Crippen LogP contribution in [0.5, 0.6) is 0 Å². The van der Waals surface area contributed by atoms with Gasteiger partial charge in [0.1, 0.15) is 0 Å². The van der Waals surface area contributed by atoms with E-state index in [-0.39, 0.29) is 11.8 Å². The van der Waals surface area contributed by atoms with Gasteiger partial charge in [0.15, 0.2) is 0 Å². The second-order valence-corrected chi connectivity index (χ2v) is 6.81. The van der Waals surface area contributed by atoms with Gasteiger partial charge in [-0.2, -0.15) is 0 Å². The molecule has 0 bridgehead atoms. The zero-order chi connectivity index (χ0) is 18.4. The molecular formula is C24H25NO. The maximum atomic E-state index is 12.9. The molecule has 0 N–H and O–H groups in total. The quantitative estimate of drug-likeness (QED) is 0.604. The molecule has 3 rings (SSSR count). The van der Waals surface area contributed by atoms with Crippen LogP contribution in [-0.2, 0) is 11.3 Å². The lowest BCUT2D eigenvalue weighted by Gasteiger charge is -2.22. The highest BCUT2D eigenvalue weighted by Crippen LogP contribution is 2.28. The summed E-state index contributed by atoms with van der Waals surface area (Å²) in [7, 11) is 1.88. The van der Waals surface area contributed by atoms with Crippen LogP contribution in [0.4, 0.5) is 0 Å². The van der Waals surface area contributed by atoms with Gasteiger partial charge < -0.3 is 4.90 Å². The molecule has 2 nitrogen and oxygen atoms in total. The van der Waals surface area contributed by atoms with E-state index in [0.29, 0.717) is 13.0 Å². The van der Waals surface area contributed by atoms with Crippen LogP contribution in [0.3, 0.4) is 0 Å². The fourth-order valence-electron chi connectivity index (χ4n) is 3.18. The first kappa shape index (κ1) is 17.9. The molecule has 0 atom stereocenters. The predicted molar refractivity (Wildman–Crippen MR) is 107 cm³/mol. The van der Waals surface area contributed by atoms with Gasteiger partial charge in [0.05, 0.1) is 0 Å². The summed E-state index contributed by atoms with van der Waals surface area (Å²) in [5.41, 5.74) is 4.74. The van der Waals surface area contributed by atoms with Crippen LogP contribution in [0.1, 0.15) is 34.6 Å². The fourth-order valence-corrected chi connectivity index (χ4v) is 3.18. The Morgan fingerprint density at radius 2 is 1.31 bits per heavy atom. The molecule has 0 spiro atoms. The van der Waals surface area contributed by atoms with Gasteiger partial charge in [-0.1, -0.05) is 90.5 Å². The Labute approximate surface area is 156 Å². The highest BCUT2D eigenvalue weighted by molar-refractivity contribution is 5.77. The molecular weight excluding hydrogens is 318 g/mol. The van der Waals surface area contributed by atoms with Crippen molar-refractivity contribution in [1.29, 1.82) is 0 Å². The number of hydrogen-bond donors (Lipinski definition) is 0. The topological polar surface area (TPSA) is 20.3 Å². The lowest BCUT2D eigenvalue weighted by molar-refractivity contribution is -0.130. The first-order valence-corrected chi connectivity index (χ1v) is 9.03. The van der Waals surface area contributed by atoms with Crippen LogP contribution >= 0.6 is 0 Å². The minimum Gasteiger partial charge on any atom is -0.341 e. The Morgan fingerprint density at radius 1 is 0.808 bits per heavy atom. The van der Waals surface area contributed by atoms with Gasteiger partial charge in [-0.3, -0.25) is 4.79 Å². The average molecular weight is 343 g/mol. The van der Waals surface area contributed by atoms with Crippen LogP contribution in [0.25, 0.3) is 0 Å². The Balaban J connectivity index is 1.75. The average Bonchev–Trinajstić information content (AvgIpc) is 2.69. The Morgan fingerprint density at radius 3 is 1.81 bits per heavy atom. The summed E-state index contributed by atoms with van der Waals surface area (Å²) in [5.74, 6) is 0.230. The standard InChI is InChI=1S/C24H25NO/c1-19-13-15-20(16-14-19)18-25(2)24(26)17-23(21-9-5-3-6-10-21)22-11-7-4-8-12-22/h3-16,23H,17-18H2,1-2H3. The molecule has 0 aliphatic heterocycles. The number of carbonyl (C=O) groups is 1. The molecule has 0 aliphatic rings. The van der Waals surface area contributed by atoms with Crippen LogP contribution in [0, 0.1) is 6.92 Å². The van der Waals surface area contributed by atoms with Gasteiger partial charge in [-0.05, 0) is 23.6 Å². The third-order valence-corrected chi connectivity index (χ3v) is 4.75. The molecule has 0 heterocycles. The van der Waals surface area contributed by atoms with Gasteiger partial charge in [0.2, 0.25) is 5.91 Å². The van der Waals surface area contributed by atoms with Crippen LogP contribution in [0.15, 0.2) is 84.9 Å². The monoisotopic (exact) mass is 343 g/mol. The van der Waals surface area contributed by atoms with E-state index < -0.39 is 0 Å². The Kier molecular flexibility index (Phi) is 5.85. The molecule has 3 aromatic rings. The molecule has 26 heavy (non-hydrogen) atoms. The summed E-state index contributed by atoms with van der Waals surface area (Å²) in [4.78, 5) is 14.7. The second kappa shape index (κ2) is 8.48. The van der Waals surface area contributed by atoms with E-state index >= 15 is 0 Å². The SMILES string of the molecule is Cc1ccc(CN(C)C(=O)CC(c2ccccc2)c2ccccc2)cc1. The van der Waals surface area contributed by atoms with Crippen LogP contribution in [-0.4, -0.2) is 17.9 Å². The summed E-state index contributed by atoms with van der Waals surface area (Å²) in [5, 5.41) is 0. The lowest BCUT2D eigenvalue weighted by Crippen LogP contribution is -2.27. The van der Waals surface area contributed by atoms with Crippen molar-refractivity contribution in [1.82, 2.24) is 4.90 Å². The number of hydrogen-bond acceptors (Lipinski definition) is 1. The van der Waals surface area contributed by atoms with Crippen molar-refractivity contribution in [2.24, 2.45) is 0 Å². The van der Waals surface area contributed by atoms with Crippen molar-refractivity contribution in [3.8, 4) is 0 Å². The lowest BCUT2D eigenvalue weighted by atomic mass is 9.88. The largest absolute Gasteiger partial charge is 0.341 e. The number of benzene rings is 3. The van der Waals surface area contributed by atoms with Gasteiger partial charge in [0, 0.05) is 25.9 Å². The minimum atomic E-state index is 0.0744. The van der Waals surface area contributed by atoms with Crippen molar-refractivity contribution in [2.75, 3.05) is 7.05 Å². The number of amides is 1. The van der Waals surface area contributed by atoms with Crippen LogP contribution in [0.2, 0.25) is 0 Å². The maximum absolute atomic E-state index is 12.9. The second-order valence-electron chi connectivity index (χ2n) is 6.81. The molecule has 2 heteroatoms. The molecule has 0 radical (unpaired) electrons. The molecule has 0 fully saturated rings. The predicted octanol–water partition coefficient (Wildman–Crippen LogP) is 5.18. The highest BCUT2D eigenvalue weighted by atomic mass is 16.2. The van der Waals surface area contributed by atoms with Gasteiger partial charge in [-0.25, -0.2) is 0 Å². The van der Waals surface area contributed by atoms with Crippen molar-refractivity contribution in [3.63, 3.8) is 0 Å². The summed E-state index contributed by atoms with van der Waals surface area (Å²) < 4.78 is 0. The number of aryl methyl sites for hydroxylation is 1. The Hall–Kier alpha value is -2.87. The minimum absolute atomic E-state index is 0.0744. The number of nitrogens with zero attached hydrogens (tertiary/aromatic N) is 1. The fraction of sp³-hybridized carbons (Fsp3) is 0.208. The van der Waals surface area contributed by atoms with Crippen LogP contribution < -0.4 is 0 Å². The molecule has 3 aromatic carbocycles.